The molecule has 2 amide bonds. The molecule has 7 heteroatoms. The summed E-state index contributed by atoms with van der Waals surface area (Å²) in [6, 6.07) is 5.46. The van der Waals surface area contributed by atoms with Crippen LogP contribution in [-0.2, 0) is 0 Å². The van der Waals surface area contributed by atoms with Crippen LogP contribution in [0.15, 0.2) is 24.3 Å². The number of nitrogens with two attached hydrogens (primary N) is 1. The van der Waals surface area contributed by atoms with Crippen molar-refractivity contribution in [3.63, 3.8) is 0 Å². The molecule has 4 N–H and O–H groups in total. The molecule has 0 saturated carbocycles. The summed E-state index contributed by atoms with van der Waals surface area (Å²) in [4.78, 5) is 15.8. The monoisotopic (exact) mass is 293 g/mol. The average Bonchev–Trinajstić information content (AvgIpc) is 2.46. The molecule has 0 aliphatic carbocycles. The number of nitrogens with zero attached hydrogens (tertiary/aromatic N) is 2. The SMILES string of the molecule is CC(C(=N)N)N1CCN(C(=O)Nc2cccc(F)c2)CC1. The highest BCUT2D eigenvalue weighted by atomic mass is 19.1. The number of halogens is 1. The average molecular weight is 293 g/mol. The molecule has 1 heterocycles. The molecule has 1 aromatic rings. The summed E-state index contributed by atoms with van der Waals surface area (Å²) in [6.45, 7) is 4.32. The third-order valence-electron chi connectivity index (χ3n) is 3.68. The second kappa shape index (κ2) is 6.53. The van der Waals surface area contributed by atoms with Crippen LogP contribution in [0.2, 0.25) is 0 Å². The van der Waals surface area contributed by atoms with Gasteiger partial charge in [0.2, 0.25) is 0 Å². The number of urea groups is 1. The van der Waals surface area contributed by atoms with Crippen LogP contribution in [0.4, 0.5) is 14.9 Å². The van der Waals surface area contributed by atoms with Crippen molar-refractivity contribution in [2.24, 2.45) is 5.73 Å². The van der Waals surface area contributed by atoms with Gasteiger partial charge in [-0.25, -0.2) is 9.18 Å². The molecule has 0 radical (unpaired) electrons. The summed E-state index contributed by atoms with van der Waals surface area (Å²) in [5.74, 6) is -0.249. The van der Waals surface area contributed by atoms with Crippen LogP contribution in [0.25, 0.3) is 0 Å². The van der Waals surface area contributed by atoms with Gasteiger partial charge >= 0.3 is 6.03 Å². The second-order valence-corrected chi connectivity index (χ2v) is 5.09. The normalized spacial score (nSPS) is 17.3. The largest absolute Gasteiger partial charge is 0.386 e. The van der Waals surface area contributed by atoms with Crippen LogP contribution in [0.5, 0.6) is 0 Å². The minimum Gasteiger partial charge on any atom is -0.386 e. The number of hydrogen-bond acceptors (Lipinski definition) is 3. The molecular formula is C14H20FN5O. The molecule has 1 fully saturated rings. The first-order valence-corrected chi connectivity index (χ1v) is 6.87. The molecule has 0 spiro atoms. The lowest BCUT2D eigenvalue weighted by atomic mass is 10.2. The summed E-state index contributed by atoms with van der Waals surface area (Å²) in [5.41, 5.74) is 5.93. The molecule has 1 aliphatic heterocycles. The Morgan fingerprint density at radius 2 is 2.05 bits per heavy atom. The Morgan fingerprint density at radius 3 is 2.62 bits per heavy atom. The number of hydrogen-bond donors (Lipinski definition) is 3. The van der Waals surface area contributed by atoms with Gasteiger partial charge in [-0.2, -0.15) is 0 Å². The van der Waals surface area contributed by atoms with E-state index in [1.165, 1.54) is 12.1 Å². The smallest absolute Gasteiger partial charge is 0.321 e. The van der Waals surface area contributed by atoms with E-state index in [1.54, 1.807) is 17.0 Å². The van der Waals surface area contributed by atoms with Gasteiger partial charge in [-0.3, -0.25) is 10.3 Å². The number of amidine groups is 1. The quantitative estimate of drug-likeness (QED) is 0.580. The van der Waals surface area contributed by atoms with Crippen LogP contribution in [0.1, 0.15) is 6.92 Å². The number of carbonyl (C=O) groups excluding carboxylic acids is 1. The van der Waals surface area contributed by atoms with E-state index in [4.69, 9.17) is 11.1 Å². The van der Waals surface area contributed by atoms with E-state index < -0.39 is 0 Å². The Balaban J connectivity index is 1.87. The lowest BCUT2D eigenvalue weighted by Gasteiger charge is -2.37. The molecule has 114 valence electrons. The molecular weight excluding hydrogens is 273 g/mol. The van der Waals surface area contributed by atoms with Crippen LogP contribution in [0.3, 0.4) is 0 Å². The first-order valence-electron chi connectivity index (χ1n) is 6.87. The fourth-order valence-corrected chi connectivity index (χ4v) is 2.28. The predicted octanol–water partition coefficient (Wildman–Crippen LogP) is 1.30. The van der Waals surface area contributed by atoms with E-state index >= 15 is 0 Å². The third kappa shape index (κ3) is 3.91. The van der Waals surface area contributed by atoms with Crippen molar-refractivity contribution in [2.45, 2.75) is 13.0 Å². The molecule has 2 rings (SSSR count). The minimum atomic E-state index is -0.382. The maximum atomic E-state index is 13.1. The topological polar surface area (TPSA) is 85.5 Å². The van der Waals surface area contributed by atoms with E-state index in [2.05, 4.69) is 10.2 Å². The summed E-state index contributed by atoms with van der Waals surface area (Å²) in [7, 11) is 0. The first-order chi connectivity index (χ1) is 9.97. The molecule has 1 unspecified atom stereocenters. The minimum absolute atomic E-state index is 0.113. The molecule has 1 aliphatic rings. The third-order valence-corrected chi connectivity index (χ3v) is 3.68. The number of amides is 2. The van der Waals surface area contributed by atoms with E-state index in [1.807, 2.05) is 6.92 Å². The van der Waals surface area contributed by atoms with Crippen molar-refractivity contribution in [1.82, 2.24) is 9.80 Å². The molecule has 0 bridgehead atoms. The summed E-state index contributed by atoms with van der Waals surface area (Å²) in [5, 5.41) is 10.1. The fourth-order valence-electron chi connectivity index (χ4n) is 2.28. The van der Waals surface area contributed by atoms with Gasteiger partial charge in [-0.05, 0) is 25.1 Å². The van der Waals surface area contributed by atoms with Gasteiger partial charge < -0.3 is 16.0 Å². The van der Waals surface area contributed by atoms with Gasteiger partial charge in [0.15, 0.2) is 0 Å². The first kappa shape index (κ1) is 15.2. The summed E-state index contributed by atoms with van der Waals surface area (Å²) < 4.78 is 13.1. The fraction of sp³-hybridized carbons (Fsp3) is 0.429. The molecule has 6 nitrogen and oxygen atoms in total. The molecule has 1 atom stereocenters. The van der Waals surface area contributed by atoms with Crippen molar-refractivity contribution in [3.8, 4) is 0 Å². The number of nitrogens with one attached hydrogen (secondary N) is 2. The Labute approximate surface area is 123 Å². The van der Waals surface area contributed by atoms with Gasteiger partial charge in [-0.15, -0.1) is 0 Å². The zero-order chi connectivity index (χ0) is 15.4. The summed E-state index contributed by atoms with van der Waals surface area (Å²) in [6.07, 6.45) is 0. The molecule has 1 saturated heterocycles. The van der Waals surface area contributed by atoms with Crippen LogP contribution in [0, 0.1) is 11.2 Å². The number of anilines is 1. The summed E-state index contributed by atoms with van der Waals surface area (Å²) >= 11 is 0. The molecule has 1 aromatic carbocycles. The zero-order valence-electron chi connectivity index (χ0n) is 12.0. The maximum absolute atomic E-state index is 13.1. The van der Waals surface area contributed by atoms with Crippen molar-refractivity contribution in [2.75, 3.05) is 31.5 Å². The Bertz CT molecular complexity index is 528. The van der Waals surface area contributed by atoms with Gasteiger partial charge in [-0.1, -0.05) is 6.07 Å². The van der Waals surface area contributed by atoms with E-state index in [0.717, 1.165) is 0 Å². The number of piperazine rings is 1. The van der Waals surface area contributed by atoms with Crippen molar-refractivity contribution in [1.29, 1.82) is 5.41 Å². The number of rotatable bonds is 3. The molecule has 0 aromatic heterocycles. The Morgan fingerprint density at radius 1 is 1.38 bits per heavy atom. The Hall–Kier alpha value is -2.15. The number of carbonyl (C=O) groups is 1. The van der Waals surface area contributed by atoms with Crippen molar-refractivity contribution < 1.29 is 9.18 Å². The number of benzene rings is 1. The highest BCUT2D eigenvalue weighted by Gasteiger charge is 2.25. The van der Waals surface area contributed by atoms with E-state index in [0.29, 0.717) is 31.9 Å². The standard InChI is InChI=1S/C14H20FN5O/c1-10(13(16)17)19-5-7-20(8-6-19)14(21)18-12-4-2-3-11(15)9-12/h2-4,9-10H,5-8H2,1H3,(H3,16,17)(H,18,21). The predicted molar refractivity (Wildman–Crippen MR) is 79.9 cm³/mol. The van der Waals surface area contributed by atoms with Gasteiger partial charge in [0.25, 0.3) is 0 Å². The highest BCUT2D eigenvalue weighted by Crippen LogP contribution is 2.12. The molecule has 21 heavy (non-hydrogen) atoms. The lowest BCUT2D eigenvalue weighted by molar-refractivity contribution is 0.138. The zero-order valence-corrected chi connectivity index (χ0v) is 12.0. The van der Waals surface area contributed by atoms with Crippen molar-refractivity contribution >= 4 is 17.6 Å². The Kier molecular flexibility index (Phi) is 4.74. The van der Waals surface area contributed by atoms with Gasteiger partial charge in [0, 0.05) is 31.9 Å². The maximum Gasteiger partial charge on any atom is 0.321 e. The van der Waals surface area contributed by atoms with Crippen LogP contribution < -0.4 is 11.1 Å². The lowest BCUT2D eigenvalue weighted by Crippen LogP contribution is -2.54. The second-order valence-electron chi connectivity index (χ2n) is 5.09. The van der Waals surface area contributed by atoms with Crippen LogP contribution in [-0.4, -0.2) is 53.9 Å². The highest BCUT2D eigenvalue weighted by molar-refractivity contribution is 5.89. The van der Waals surface area contributed by atoms with Crippen molar-refractivity contribution in [3.05, 3.63) is 30.1 Å². The van der Waals surface area contributed by atoms with Crippen LogP contribution >= 0.6 is 0 Å². The van der Waals surface area contributed by atoms with E-state index in [9.17, 15) is 9.18 Å². The van der Waals surface area contributed by atoms with Gasteiger partial charge in [0.05, 0.1) is 6.04 Å². The van der Waals surface area contributed by atoms with E-state index in [-0.39, 0.29) is 23.7 Å². The van der Waals surface area contributed by atoms with Gasteiger partial charge in [0.1, 0.15) is 11.7 Å².